The second kappa shape index (κ2) is 5.71. The number of hydrogen-bond acceptors (Lipinski definition) is 3. The molecule has 2 N–H and O–H groups in total. The maximum Gasteiger partial charge on any atom is 0.245 e. The second-order valence-electron chi connectivity index (χ2n) is 5.10. The quantitative estimate of drug-likeness (QED) is 0.835. The molecule has 0 saturated carbocycles. The molecule has 102 valence electrons. The van der Waals surface area contributed by atoms with Crippen LogP contribution in [-0.2, 0) is 10.0 Å². The van der Waals surface area contributed by atoms with E-state index in [1.165, 1.54) is 4.31 Å². The molecule has 0 saturated heterocycles. The first-order valence-corrected chi connectivity index (χ1v) is 7.57. The average molecular weight is 270 g/mol. The third-order valence-corrected chi connectivity index (χ3v) is 4.74. The van der Waals surface area contributed by atoms with Crippen LogP contribution in [-0.4, -0.2) is 25.3 Å². The zero-order valence-electron chi connectivity index (χ0n) is 11.4. The summed E-state index contributed by atoms with van der Waals surface area (Å²) in [5.74, 6) is 0.270. The molecule has 1 aromatic rings. The van der Waals surface area contributed by atoms with Crippen LogP contribution in [0.3, 0.4) is 0 Å². The van der Waals surface area contributed by atoms with E-state index in [0.717, 1.165) is 0 Å². The van der Waals surface area contributed by atoms with Crippen molar-refractivity contribution < 1.29 is 8.42 Å². The fourth-order valence-electron chi connectivity index (χ4n) is 1.79. The monoisotopic (exact) mass is 270 g/mol. The highest BCUT2D eigenvalue weighted by Crippen LogP contribution is 2.24. The Hall–Kier alpha value is -1.07. The highest BCUT2D eigenvalue weighted by Gasteiger charge is 2.28. The summed E-state index contributed by atoms with van der Waals surface area (Å²) in [7, 11) is -3.52. The minimum absolute atomic E-state index is 0.0861. The molecule has 18 heavy (non-hydrogen) atoms. The van der Waals surface area contributed by atoms with Gasteiger partial charge in [0.2, 0.25) is 10.0 Å². The van der Waals surface area contributed by atoms with Crippen molar-refractivity contribution in [1.29, 1.82) is 0 Å². The fraction of sp³-hybridized carbons (Fsp3) is 0.538. The second-order valence-corrected chi connectivity index (χ2v) is 6.96. The predicted octanol–water partition coefficient (Wildman–Crippen LogP) is 2.32. The van der Waals surface area contributed by atoms with Crippen LogP contribution in [0, 0.1) is 5.92 Å². The Balaban J connectivity index is 3.22. The number of anilines is 1. The van der Waals surface area contributed by atoms with Crippen molar-refractivity contribution in [2.24, 2.45) is 5.92 Å². The number of benzene rings is 1. The lowest BCUT2D eigenvalue weighted by molar-refractivity contribution is 0.319. The van der Waals surface area contributed by atoms with Gasteiger partial charge in [-0.1, -0.05) is 26.0 Å². The van der Waals surface area contributed by atoms with E-state index in [4.69, 9.17) is 5.73 Å². The number of nitrogens with two attached hydrogens (primary N) is 1. The van der Waals surface area contributed by atoms with Crippen LogP contribution in [0.15, 0.2) is 29.2 Å². The number of hydrogen-bond donors (Lipinski definition) is 1. The van der Waals surface area contributed by atoms with E-state index >= 15 is 0 Å². The lowest BCUT2D eigenvalue weighted by Gasteiger charge is -2.28. The van der Waals surface area contributed by atoms with Crippen molar-refractivity contribution in [3.63, 3.8) is 0 Å². The smallest absolute Gasteiger partial charge is 0.245 e. The van der Waals surface area contributed by atoms with E-state index in [1.54, 1.807) is 24.3 Å². The lowest BCUT2D eigenvalue weighted by Crippen LogP contribution is -2.39. The summed E-state index contributed by atoms with van der Waals surface area (Å²) >= 11 is 0. The van der Waals surface area contributed by atoms with Gasteiger partial charge in [0.05, 0.1) is 5.69 Å². The molecule has 0 spiro atoms. The molecule has 0 aromatic heterocycles. The zero-order chi connectivity index (χ0) is 13.9. The Kier molecular flexibility index (Phi) is 4.76. The van der Waals surface area contributed by atoms with E-state index < -0.39 is 10.0 Å². The minimum atomic E-state index is -3.52. The van der Waals surface area contributed by atoms with Gasteiger partial charge >= 0.3 is 0 Å². The van der Waals surface area contributed by atoms with Crippen LogP contribution < -0.4 is 5.73 Å². The molecule has 0 radical (unpaired) electrons. The van der Waals surface area contributed by atoms with E-state index in [2.05, 4.69) is 0 Å². The van der Waals surface area contributed by atoms with Crippen molar-refractivity contribution >= 4 is 15.7 Å². The average Bonchev–Trinajstić information content (AvgIpc) is 2.25. The van der Waals surface area contributed by atoms with E-state index in [9.17, 15) is 8.42 Å². The summed E-state index contributed by atoms with van der Waals surface area (Å²) in [6.45, 7) is 8.24. The fourth-order valence-corrected chi connectivity index (χ4v) is 3.71. The van der Waals surface area contributed by atoms with Crippen LogP contribution in [0.1, 0.15) is 27.7 Å². The molecule has 0 aliphatic heterocycles. The van der Waals surface area contributed by atoms with Gasteiger partial charge in [0.15, 0.2) is 0 Å². The Labute approximate surface area is 110 Å². The van der Waals surface area contributed by atoms with E-state index in [1.807, 2.05) is 27.7 Å². The summed E-state index contributed by atoms with van der Waals surface area (Å²) in [5.41, 5.74) is 6.07. The highest BCUT2D eigenvalue weighted by molar-refractivity contribution is 7.89. The maximum absolute atomic E-state index is 12.6. The van der Waals surface area contributed by atoms with Crippen LogP contribution in [0.2, 0.25) is 0 Å². The SMILES string of the molecule is CC(C)CN(C(C)C)S(=O)(=O)c1ccccc1N. The number of sulfonamides is 1. The summed E-state index contributed by atoms with van der Waals surface area (Å²) in [6, 6.07) is 6.51. The number of nitrogens with zero attached hydrogens (tertiary/aromatic N) is 1. The third-order valence-electron chi connectivity index (χ3n) is 2.63. The number of para-hydroxylation sites is 1. The normalized spacial score (nSPS) is 12.6. The molecule has 5 heteroatoms. The van der Waals surface area contributed by atoms with Crippen molar-refractivity contribution in [1.82, 2.24) is 4.31 Å². The first-order chi connectivity index (χ1) is 8.26. The van der Waals surface area contributed by atoms with Gasteiger partial charge in [-0.3, -0.25) is 0 Å². The molecule has 0 aliphatic carbocycles. The highest BCUT2D eigenvalue weighted by atomic mass is 32.2. The lowest BCUT2D eigenvalue weighted by atomic mass is 10.2. The van der Waals surface area contributed by atoms with Crippen LogP contribution >= 0.6 is 0 Å². The predicted molar refractivity (Wildman–Crippen MR) is 74.7 cm³/mol. The zero-order valence-corrected chi connectivity index (χ0v) is 12.2. The number of nitrogen functional groups attached to an aromatic ring is 1. The molecule has 0 fully saturated rings. The first kappa shape index (κ1) is 15.0. The molecule has 1 aromatic carbocycles. The van der Waals surface area contributed by atoms with Crippen LogP contribution in [0.25, 0.3) is 0 Å². The standard InChI is InChI=1S/C13H22N2O2S/c1-10(2)9-15(11(3)4)18(16,17)13-8-6-5-7-12(13)14/h5-8,10-11H,9,14H2,1-4H3. The van der Waals surface area contributed by atoms with E-state index in [-0.39, 0.29) is 16.9 Å². The molecule has 0 atom stereocenters. The van der Waals surface area contributed by atoms with Gasteiger partial charge in [0, 0.05) is 12.6 Å². The molecule has 0 bridgehead atoms. The van der Waals surface area contributed by atoms with Crippen molar-refractivity contribution in [3.05, 3.63) is 24.3 Å². The van der Waals surface area contributed by atoms with Gasteiger partial charge in [-0.05, 0) is 31.9 Å². The maximum atomic E-state index is 12.6. The molecule has 1 rings (SSSR count). The molecule has 0 amide bonds. The van der Waals surface area contributed by atoms with Crippen molar-refractivity contribution in [2.45, 2.75) is 38.6 Å². The number of rotatable bonds is 5. The van der Waals surface area contributed by atoms with Crippen molar-refractivity contribution in [3.8, 4) is 0 Å². The van der Waals surface area contributed by atoms with Gasteiger partial charge < -0.3 is 5.73 Å². The van der Waals surface area contributed by atoms with Gasteiger partial charge in [-0.25, -0.2) is 8.42 Å². The molecule has 0 heterocycles. The summed E-state index contributed by atoms with van der Waals surface area (Å²) in [5, 5.41) is 0. The van der Waals surface area contributed by atoms with Crippen LogP contribution in [0.4, 0.5) is 5.69 Å². The molecule has 0 aliphatic rings. The largest absolute Gasteiger partial charge is 0.398 e. The Morgan fingerprint density at radius 3 is 2.17 bits per heavy atom. The van der Waals surface area contributed by atoms with Crippen LogP contribution in [0.5, 0.6) is 0 Å². The topological polar surface area (TPSA) is 63.4 Å². The molecule has 0 unspecified atom stereocenters. The van der Waals surface area contributed by atoms with Gasteiger partial charge in [-0.2, -0.15) is 4.31 Å². The Bertz CT molecular complexity index is 495. The Morgan fingerprint density at radius 1 is 1.17 bits per heavy atom. The van der Waals surface area contributed by atoms with Gasteiger partial charge in [-0.15, -0.1) is 0 Å². The summed E-state index contributed by atoms with van der Waals surface area (Å²) in [6.07, 6.45) is 0. The van der Waals surface area contributed by atoms with Crippen molar-refractivity contribution in [2.75, 3.05) is 12.3 Å². The first-order valence-electron chi connectivity index (χ1n) is 6.13. The van der Waals surface area contributed by atoms with Gasteiger partial charge in [0.25, 0.3) is 0 Å². The summed E-state index contributed by atoms with van der Waals surface area (Å²) < 4.78 is 26.7. The third kappa shape index (κ3) is 3.23. The molecule has 4 nitrogen and oxygen atoms in total. The Morgan fingerprint density at radius 2 is 1.72 bits per heavy atom. The van der Waals surface area contributed by atoms with E-state index in [0.29, 0.717) is 12.2 Å². The van der Waals surface area contributed by atoms with Gasteiger partial charge in [0.1, 0.15) is 4.90 Å². The molecular weight excluding hydrogens is 248 g/mol. The minimum Gasteiger partial charge on any atom is -0.398 e. The summed E-state index contributed by atoms with van der Waals surface area (Å²) in [4.78, 5) is 0.194. The molecular formula is C13H22N2O2S.